The Morgan fingerprint density at radius 1 is 1.33 bits per heavy atom. The molecule has 15 heavy (non-hydrogen) atoms. The fraction of sp³-hybridized carbons (Fsp3) is 0.222. The molecule has 0 unspecified atom stereocenters. The third-order valence-corrected chi connectivity index (χ3v) is 2.19. The van der Waals surface area contributed by atoms with Crippen molar-refractivity contribution in [1.82, 2.24) is 0 Å². The van der Waals surface area contributed by atoms with E-state index in [2.05, 4.69) is 0 Å². The van der Waals surface area contributed by atoms with Crippen molar-refractivity contribution < 1.29 is 18.0 Å². The number of carbonyl (C=O) groups excluding carboxylic acids is 1. The zero-order valence-corrected chi connectivity index (χ0v) is 8.75. The van der Waals surface area contributed by atoms with Crippen LogP contribution in [0, 0.1) is 0 Å². The number of hydrogen-bond donors (Lipinski definition) is 0. The molecule has 6 heteroatoms. The molecule has 0 saturated carbocycles. The lowest BCUT2D eigenvalue weighted by molar-refractivity contribution is -0.137. The van der Waals surface area contributed by atoms with Crippen LogP contribution < -0.4 is 0 Å². The van der Waals surface area contributed by atoms with Gasteiger partial charge in [-0.3, -0.25) is 4.79 Å². The molecule has 0 aliphatic rings. The van der Waals surface area contributed by atoms with E-state index in [0.717, 1.165) is 18.2 Å². The van der Waals surface area contributed by atoms with E-state index in [1.807, 2.05) is 0 Å². The lowest BCUT2D eigenvalue weighted by Crippen LogP contribution is -2.13. The fourth-order valence-corrected chi connectivity index (χ4v) is 1.38. The van der Waals surface area contributed by atoms with Gasteiger partial charge in [-0.2, -0.15) is 13.2 Å². The van der Waals surface area contributed by atoms with Crippen molar-refractivity contribution in [2.24, 2.45) is 0 Å². The Bertz CT molecular complexity index is 387. The number of Topliss-reactive ketones (excluding diaryl/α,β-unsaturated/α-hetero) is 1. The van der Waals surface area contributed by atoms with Crippen LogP contribution >= 0.6 is 23.2 Å². The summed E-state index contributed by atoms with van der Waals surface area (Å²) in [6.07, 6.45) is -4.58. The van der Waals surface area contributed by atoms with Crippen LogP contribution in [-0.4, -0.2) is 11.7 Å². The van der Waals surface area contributed by atoms with Crippen molar-refractivity contribution in [3.05, 3.63) is 34.3 Å². The number of alkyl halides is 4. The van der Waals surface area contributed by atoms with Crippen LogP contribution in [-0.2, 0) is 6.18 Å². The van der Waals surface area contributed by atoms with Gasteiger partial charge in [-0.15, -0.1) is 11.6 Å². The quantitative estimate of drug-likeness (QED) is 0.582. The zero-order valence-electron chi connectivity index (χ0n) is 7.24. The molecule has 0 fully saturated rings. The van der Waals surface area contributed by atoms with E-state index in [1.54, 1.807) is 0 Å². The van der Waals surface area contributed by atoms with Gasteiger partial charge < -0.3 is 0 Å². The summed E-state index contributed by atoms with van der Waals surface area (Å²) in [6, 6.07) is 2.81. The van der Waals surface area contributed by atoms with Gasteiger partial charge in [-0.05, 0) is 18.2 Å². The number of ketones is 1. The van der Waals surface area contributed by atoms with Crippen LogP contribution in [0.2, 0.25) is 5.02 Å². The molecular formula is C9H5Cl2F3O. The fourth-order valence-electron chi connectivity index (χ4n) is 1.07. The Kier molecular flexibility index (Phi) is 3.62. The number of rotatable bonds is 2. The second-order valence-corrected chi connectivity index (χ2v) is 3.45. The number of halogens is 5. The maximum absolute atomic E-state index is 12.4. The average molecular weight is 257 g/mol. The van der Waals surface area contributed by atoms with Gasteiger partial charge in [-0.25, -0.2) is 0 Å². The van der Waals surface area contributed by atoms with Crippen LogP contribution in [0.4, 0.5) is 13.2 Å². The lowest BCUT2D eigenvalue weighted by atomic mass is 10.0. The summed E-state index contributed by atoms with van der Waals surface area (Å²) in [7, 11) is 0. The molecule has 0 aromatic heterocycles. The van der Waals surface area contributed by atoms with Gasteiger partial charge in [0, 0.05) is 10.6 Å². The van der Waals surface area contributed by atoms with Crippen LogP contribution in [0.5, 0.6) is 0 Å². The van der Waals surface area contributed by atoms with Crippen molar-refractivity contribution in [3.63, 3.8) is 0 Å². The maximum atomic E-state index is 12.4. The minimum atomic E-state index is -4.58. The van der Waals surface area contributed by atoms with E-state index in [4.69, 9.17) is 23.2 Å². The Hall–Kier alpha value is -0.740. The Labute approximate surface area is 93.8 Å². The number of benzene rings is 1. The molecule has 0 amide bonds. The van der Waals surface area contributed by atoms with Gasteiger partial charge >= 0.3 is 6.18 Å². The van der Waals surface area contributed by atoms with Crippen molar-refractivity contribution in [3.8, 4) is 0 Å². The summed E-state index contributed by atoms with van der Waals surface area (Å²) >= 11 is 10.7. The first kappa shape index (κ1) is 12.3. The van der Waals surface area contributed by atoms with Gasteiger partial charge in [0.1, 0.15) is 0 Å². The standard InChI is InChI=1S/C9H5Cl2F3O/c10-4-8(15)6-3-5(11)1-2-7(6)9(12,13)14/h1-3H,4H2. The zero-order chi connectivity index (χ0) is 11.6. The first-order valence-electron chi connectivity index (χ1n) is 3.82. The van der Waals surface area contributed by atoms with Crippen molar-refractivity contribution >= 4 is 29.0 Å². The van der Waals surface area contributed by atoms with Crippen LogP contribution in [0.1, 0.15) is 15.9 Å². The first-order chi connectivity index (χ1) is 6.86. The van der Waals surface area contributed by atoms with E-state index in [-0.39, 0.29) is 5.02 Å². The molecule has 0 radical (unpaired) electrons. The van der Waals surface area contributed by atoms with Gasteiger partial charge in [0.05, 0.1) is 11.4 Å². The molecule has 82 valence electrons. The van der Waals surface area contributed by atoms with E-state index in [9.17, 15) is 18.0 Å². The van der Waals surface area contributed by atoms with E-state index < -0.39 is 29.0 Å². The van der Waals surface area contributed by atoms with Crippen LogP contribution in [0.25, 0.3) is 0 Å². The molecule has 0 heterocycles. The summed E-state index contributed by atoms with van der Waals surface area (Å²) in [5.41, 5.74) is -1.51. The van der Waals surface area contributed by atoms with E-state index in [1.165, 1.54) is 0 Å². The van der Waals surface area contributed by atoms with E-state index >= 15 is 0 Å². The highest BCUT2D eigenvalue weighted by atomic mass is 35.5. The molecule has 0 bridgehead atoms. The number of carbonyl (C=O) groups is 1. The summed E-state index contributed by atoms with van der Waals surface area (Å²) in [6.45, 7) is 0. The topological polar surface area (TPSA) is 17.1 Å². The van der Waals surface area contributed by atoms with Gasteiger partial charge in [0.2, 0.25) is 0 Å². The molecule has 0 aliphatic heterocycles. The smallest absolute Gasteiger partial charge is 0.293 e. The second kappa shape index (κ2) is 4.41. The number of hydrogen-bond acceptors (Lipinski definition) is 1. The first-order valence-corrected chi connectivity index (χ1v) is 4.73. The highest BCUT2D eigenvalue weighted by molar-refractivity contribution is 6.33. The summed E-state index contributed by atoms with van der Waals surface area (Å²) in [4.78, 5) is 11.1. The maximum Gasteiger partial charge on any atom is 0.417 e. The monoisotopic (exact) mass is 256 g/mol. The lowest BCUT2D eigenvalue weighted by Gasteiger charge is -2.11. The van der Waals surface area contributed by atoms with Gasteiger partial charge in [0.25, 0.3) is 0 Å². The van der Waals surface area contributed by atoms with Gasteiger partial charge in [0.15, 0.2) is 5.78 Å². The average Bonchev–Trinajstić information content (AvgIpc) is 2.14. The Morgan fingerprint density at radius 2 is 1.93 bits per heavy atom. The summed E-state index contributed by atoms with van der Waals surface area (Å²) in [5.74, 6) is -1.31. The molecule has 0 aliphatic carbocycles. The molecule has 0 atom stereocenters. The van der Waals surface area contributed by atoms with Gasteiger partial charge in [-0.1, -0.05) is 11.6 Å². The second-order valence-electron chi connectivity index (χ2n) is 2.74. The van der Waals surface area contributed by atoms with Crippen LogP contribution in [0.3, 0.4) is 0 Å². The summed E-state index contributed by atoms with van der Waals surface area (Å²) in [5, 5.41) is 0.0662. The molecule has 0 N–H and O–H groups in total. The molecule has 0 spiro atoms. The highest BCUT2D eigenvalue weighted by Crippen LogP contribution is 2.33. The van der Waals surface area contributed by atoms with E-state index in [0.29, 0.717) is 0 Å². The largest absolute Gasteiger partial charge is 0.417 e. The molecular weight excluding hydrogens is 252 g/mol. The summed E-state index contributed by atoms with van der Waals surface area (Å²) < 4.78 is 37.3. The third-order valence-electron chi connectivity index (χ3n) is 1.71. The van der Waals surface area contributed by atoms with Crippen LogP contribution in [0.15, 0.2) is 18.2 Å². The molecule has 1 rings (SSSR count). The molecule has 1 nitrogen and oxygen atoms in total. The predicted octanol–water partition coefficient (Wildman–Crippen LogP) is 3.78. The third kappa shape index (κ3) is 2.86. The Morgan fingerprint density at radius 3 is 2.40 bits per heavy atom. The van der Waals surface area contributed by atoms with Crippen molar-refractivity contribution in [2.75, 3.05) is 5.88 Å². The molecule has 1 aromatic rings. The minimum Gasteiger partial charge on any atom is -0.293 e. The minimum absolute atomic E-state index is 0.0662. The Balaban J connectivity index is 3.33. The normalized spacial score (nSPS) is 11.5. The highest BCUT2D eigenvalue weighted by Gasteiger charge is 2.34. The van der Waals surface area contributed by atoms with Crippen molar-refractivity contribution in [1.29, 1.82) is 0 Å². The molecule has 1 aromatic carbocycles. The predicted molar refractivity (Wildman–Crippen MR) is 51.5 cm³/mol. The SMILES string of the molecule is O=C(CCl)c1cc(Cl)ccc1C(F)(F)F. The molecule has 0 saturated heterocycles. The van der Waals surface area contributed by atoms with Crippen molar-refractivity contribution in [2.45, 2.75) is 6.18 Å².